The molecule has 29 heavy (non-hydrogen) atoms. The molecule has 10 heteroatoms. The van der Waals surface area contributed by atoms with Gasteiger partial charge in [0, 0.05) is 0 Å². The van der Waals surface area contributed by atoms with E-state index in [1.165, 1.54) is 17.6 Å². The number of ether oxygens (including phenoxy) is 2. The molecule has 0 spiro atoms. The summed E-state index contributed by atoms with van der Waals surface area (Å²) >= 11 is 3.35. The second kappa shape index (κ2) is 10.2. The normalized spacial score (nSPS) is 10.8. The molecule has 0 bridgehead atoms. The van der Waals surface area contributed by atoms with Gasteiger partial charge in [0.2, 0.25) is 11.0 Å². The second-order valence-electron chi connectivity index (χ2n) is 5.81. The lowest BCUT2D eigenvalue weighted by atomic mass is 10.2. The van der Waals surface area contributed by atoms with Crippen molar-refractivity contribution in [1.29, 1.82) is 0 Å². The maximum absolute atomic E-state index is 11.9. The molecule has 0 saturated carbocycles. The molecule has 8 nitrogen and oxygen atoms in total. The first kappa shape index (κ1) is 21.0. The predicted octanol–water partition coefficient (Wildman–Crippen LogP) is 3.01. The lowest BCUT2D eigenvalue weighted by Crippen LogP contribution is -2.19. The average Bonchev–Trinajstić information content (AvgIpc) is 3.12. The molecule has 0 fully saturated rings. The van der Waals surface area contributed by atoms with E-state index >= 15 is 0 Å². The fourth-order valence-corrected chi connectivity index (χ4v) is 3.77. The van der Waals surface area contributed by atoms with Crippen molar-refractivity contribution in [1.82, 2.24) is 15.6 Å². The number of nitrogens with one attached hydrogen (secondary N) is 1. The van der Waals surface area contributed by atoms with Gasteiger partial charge >= 0.3 is 0 Å². The fourth-order valence-electron chi connectivity index (χ4n) is 2.38. The molecule has 0 aliphatic heterocycles. The van der Waals surface area contributed by atoms with E-state index in [1.54, 1.807) is 13.2 Å². The number of nitrogens with zero attached hydrogens (tertiary/aromatic N) is 3. The van der Waals surface area contributed by atoms with Crippen LogP contribution < -0.4 is 20.6 Å². The van der Waals surface area contributed by atoms with Gasteiger partial charge in [0.05, 0.1) is 23.3 Å². The minimum absolute atomic E-state index is 0.0688. The van der Waals surface area contributed by atoms with Gasteiger partial charge in [-0.2, -0.15) is 5.10 Å². The van der Waals surface area contributed by atoms with Crippen LogP contribution in [0.5, 0.6) is 11.5 Å². The molecule has 1 aromatic heterocycles. The number of methoxy groups -OCH3 is 1. The number of carbonyl (C=O) groups excluding carboxylic acids is 1. The SMILES string of the molecule is COc1cc(/C=N\NC(=O)Cc2nnc(N)s2)cc(I)c1OCc1ccccc1. The molecule has 2 aromatic carbocycles. The molecule has 0 unspecified atom stereocenters. The van der Waals surface area contributed by atoms with Gasteiger partial charge in [-0.1, -0.05) is 41.7 Å². The largest absolute Gasteiger partial charge is 0.493 e. The summed E-state index contributed by atoms with van der Waals surface area (Å²) in [4.78, 5) is 11.9. The van der Waals surface area contributed by atoms with Crippen molar-refractivity contribution in [3.63, 3.8) is 0 Å². The van der Waals surface area contributed by atoms with E-state index in [-0.39, 0.29) is 12.3 Å². The molecule has 0 aliphatic carbocycles. The van der Waals surface area contributed by atoms with Gasteiger partial charge in [-0.15, -0.1) is 10.2 Å². The maximum atomic E-state index is 11.9. The maximum Gasteiger partial charge on any atom is 0.247 e. The van der Waals surface area contributed by atoms with E-state index in [9.17, 15) is 4.79 Å². The van der Waals surface area contributed by atoms with Crippen molar-refractivity contribution in [2.75, 3.05) is 12.8 Å². The smallest absolute Gasteiger partial charge is 0.247 e. The van der Waals surface area contributed by atoms with E-state index < -0.39 is 0 Å². The Bertz CT molecular complexity index is 1010. The highest BCUT2D eigenvalue weighted by Gasteiger charge is 2.12. The number of hydrogen-bond acceptors (Lipinski definition) is 8. The summed E-state index contributed by atoms with van der Waals surface area (Å²) in [5, 5.41) is 12.3. The van der Waals surface area contributed by atoms with Crippen molar-refractivity contribution < 1.29 is 14.3 Å². The third-order valence-corrected chi connectivity index (χ3v) is 5.23. The van der Waals surface area contributed by atoms with Crippen molar-refractivity contribution >= 4 is 51.2 Å². The van der Waals surface area contributed by atoms with Gasteiger partial charge < -0.3 is 15.2 Å². The Morgan fingerprint density at radius 2 is 2.10 bits per heavy atom. The third-order valence-electron chi connectivity index (χ3n) is 3.67. The summed E-state index contributed by atoms with van der Waals surface area (Å²) < 4.78 is 12.3. The van der Waals surface area contributed by atoms with Crippen LogP contribution in [-0.4, -0.2) is 29.4 Å². The molecule has 0 radical (unpaired) electrons. The molecule has 3 aromatic rings. The summed E-state index contributed by atoms with van der Waals surface area (Å²) in [6.45, 7) is 0.437. The summed E-state index contributed by atoms with van der Waals surface area (Å²) in [6, 6.07) is 13.6. The monoisotopic (exact) mass is 523 g/mol. The third kappa shape index (κ3) is 6.12. The van der Waals surface area contributed by atoms with Crippen LogP contribution in [0, 0.1) is 3.57 Å². The van der Waals surface area contributed by atoms with E-state index in [1.807, 2.05) is 36.4 Å². The standard InChI is InChI=1S/C19H18IN5O3S/c1-27-15-8-13(10-22-23-16(26)9-17-24-25-19(21)29-17)7-14(20)18(15)28-11-12-5-3-2-4-6-12/h2-8,10H,9,11H2,1H3,(H2,21,25)(H,23,26)/b22-10-. The predicted molar refractivity (Wildman–Crippen MR) is 120 cm³/mol. The topological polar surface area (TPSA) is 112 Å². The van der Waals surface area contributed by atoms with Crippen molar-refractivity contribution in [3.8, 4) is 11.5 Å². The van der Waals surface area contributed by atoms with Crippen molar-refractivity contribution in [3.05, 3.63) is 62.2 Å². The Balaban J connectivity index is 1.63. The van der Waals surface area contributed by atoms with Crippen LogP contribution >= 0.6 is 33.9 Å². The Morgan fingerprint density at radius 1 is 1.31 bits per heavy atom. The Hall–Kier alpha value is -2.73. The lowest BCUT2D eigenvalue weighted by Gasteiger charge is -2.13. The van der Waals surface area contributed by atoms with Crippen LogP contribution in [0.15, 0.2) is 47.6 Å². The number of hydrazone groups is 1. The summed E-state index contributed by atoms with van der Waals surface area (Å²) in [6.07, 6.45) is 1.61. The van der Waals surface area contributed by atoms with Crippen molar-refractivity contribution in [2.24, 2.45) is 5.10 Å². The minimum Gasteiger partial charge on any atom is -0.493 e. The van der Waals surface area contributed by atoms with E-state index in [4.69, 9.17) is 15.2 Å². The molecule has 3 N–H and O–H groups in total. The summed E-state index contributed by atoms with van der Waals surface area (Å²) in [7, 11) is 1.58. The van der Waals surface area contributed by atoms with E-state index in [0.717, 1.165) is 14.7 Å². The molecule has 0 aliphatic rings. The van der Waals surface area contributed by atoms with Crippen LogP contribution in [0.25, 0.3) is 0 Å². The summed E-state index contributed by atoms with van der Waals surface area (Å²) in [5.41, 5.74) is 9.79. The number of nitrogens with two attached hydrogens (primary N) is 1. The summed E-state index contributed by atoms with van der Waals surface area (Å²) in [5.74, 6) is 0.943. The highest BCUT2D eigenvalue weighted by atomic mass is 127. The zero-order valence-electron chi connectivity index (χ0n) is 15.5. The first-order valence-corrected chi connectivity index (χ1v) is 10.4. The lowest BCUT2D eigenvalue weighted by molar-refractivity contribution is -0.120. The molecule has 1 heterocycles. The van der Waals surface area contributed by atoms with Crippen LogP contribution in [-0.2, 0) is 17.8 Å². The van der Waals surface area contributed by atoms with Gasteiger partial charge in [0.25, 0.3) is 0 Å². The number of anilines is 1. The molecular weight excluding hydrogens is 505 g/mol. The number of benzene rings is 2. The van der Waals surface area contributed by atoms with Gasteiger partial charge in [-0.05, 0) is 45.9 Å². The van der Waals surface area contributed by atoms with Crippen LogP contribution in [0.1, 0.15) is 16.1 Å². The zero-order valence-corrected chi connectivity index (χ0v) is 18.4. The first-order chi connectivity index (χ1) is 14.0. The van der Waals surface area contributed by atoms with Gasteiger partial charge in [-0.25, -0.2) is 5.43 Å². The molecule has 0 saturated heterocycles. The average molecular weight is 523 g/mol. The van der Waals surface area contributed by atoms with E-state index in [2.05, 4.69) is 43.3 Å². The Kier molecular flexibility index (Phi) is 7.36. The second-order valence-corrected chi connectivity index (χ2v) is 8.07. The van der Waals surface area contributed by atoms with Gasteiger partial charge in [0.15, 0.2) is 11.5 Å². The highest BCUT2D eigenvalue weighted by Crippen LogP contribution is 2.34. The number of rotatable bonds is 8. The van der Waals surface area contributed by atoms with Crippen LogP contribution in [0.4, 0.5) is 5.13 Å². The number of amides is 1. The number of carbonyl (C=O) groups is 1. The van der Waals surface area contributed by atoms with Crippen LogP contribution in [0.3, 0.4) is 0 Å². The van der Waals surface area contributed by atoms with E-state index in [0.29, 0.717) is 28.2 Å². The van der Waals surface area contributed by atoms with Crippen LogP contribution in [0.2, 0.25) is 0 Å². The fraction of sp³-hybridized carbons (Fsp3) is 0.158. The number of hydrogen-bond donors (Lipinski definition) is 2. The number of aromatic nitrogens is 2. The quantitative estimate of drug-likeness (QED) is 0.267. The Morgan fingerprint density at radius 3 is 2.79 bits per heavy atom. The van der Waals surface area contributed by atoms with Gasteiger partial charge in [-0.3, -0.25) is 4.79 Å². The van der Waals surface area contributed by atoms with Crippen molar-refractivity contribution in [2.45, 2.75) is 13.0 Å². The molecule has 1 amide bonds. The molecule has 0 atom stereocenters. The zero-order chi connectivity index (χ0) is 20.6. The molecule has 3 rings (SSSR count). The first-order valence-electron chi connectivity index (χ1n) is 8.49. The molecular formula is C19H18IN5O3S. The minimum atomic E-state index is -0.304. The number of nitrogen functional groups attached to an aromatic ring is 1. The van der Waals surface area contributed by atoms with Gasteiger partial charge in [0.1, 0.15) is 11.6 Å². The molecule has 150 valence electrons. The Labute approximate surface area is 185 Å². The highest BCUT2D eigenvalue weighted by molar-refractivity contribution is 14.1. The number of halogens is 1.